The maximum atomic E-state index is 12.5. The summed E-state index contributed by atoms with van der Waals surface area (Å²) in [6, 6.07) is 13.9. The third-order valence-electron chi connectivity index (χ3n) is 4.59. The van der Waals surface area contributed by atoms with Gasteiger partial charge in [-0.1, -0.05) is 30.3 Å². The van der Waals surface area contributed by atoms with Gasteiger partial charge in [0.15, 0.2) is 0 Å². The summed E-state index contributed by atoms with van der Waals surface area (Å²) in [4.78, 5) is 19.1. The number of hydrogen-bond acceptors (Lipinski definition) is 4. The number of carbonyl (C=O) groups is 1. The van der Waals surface area contributed by atoms with Gasteiger partial charge in [-0.3, -0.25) is 4.90 Å². The molecule has 1 aliphatic rings. The summed E-state index contributed by atoms with van der Waals surface area (Å²) >= 11 is 0. The second-order valence-corrected chi connectivity index (χ2v) is 7.03. The van der Waals surface area contributed by atoms with E-state index in [0.717, 1.165) is 13.1 Å². The molecule has 1 fully saturated rings. The van der Waals surface area contributed by atoms with Crippen LogP contribution in [0.4, 0.5) is 10.5 Å². The molecule has 1 aromatic heterocycles. The topological polar surface area (TPSA) is 66.5 Å². The molecule has 1 aliphatic heterocycles. The minimum Gasteiger partial charge on any atom is -0.473 e. The highest BCUT2D eigenvalue weighted by Gasteiger charge is 2.24. The minimum absolute atomic E-state index is 0.0128. The van der Waals surface area contributed by atoms with Crippen molar-refractivity contribution in [3.63, 3.8) is 0 Å². The Kier molecular flexibility index (Phi) is 6.65. The molecular formula is C21H28N4O2. The van der Waals surface area contributed by atoms with Crippen LogP contribution in [0.5, 0.6) is 5.88 Å². The smallest absolute Gasteiger partial charge is 0.319 e. The molecule has 144 valence electrons. The van der Waals surface area contributed by atoms with Gasteiger partial charge in [0.05, 0.1) is 12.1 Å². The molecule has 1 aromatic carbocycles. The number of carbonyl (C=O) groups excluding carboxylic acids is 1. The highest BCUT2D eigenvalue weighted by Crippen LogP contribution is 2.25. The Bertz CT molecular complexity index is 730. The molecule has 1 saturated heterocycles. The predicted octanol–water partition coefficient (Wildman–Crippen LogP) is 3.83. The maximum Gasteiger partial charge on any atom is 0.319 e. The summed E-state index contributed by atoms with van der Waals surface area (Å²) in [6.07, 6.45) is 4.06. The maximum absolute atomic E-state index is 12.5. The van der Waals surface area contributed by atoms with Crippen molar-refractivity contribution < 1.29 is 9.53 Å². The summed E-state index contributed by atoms with van der Waals surface area (Å²) < 4.78 is 5.66. The zero-order valence-corrected chi connectivity index (χ0v) is 16.0. The van der Waals surface area contributed by atoms with Crippen LogP contribution in [0, 0.1) is 0 Å². The molecule has 2 aromatic rings. The number of nitrogens with one attached hydrogen (secondary N) is 2. The molecule has 2 N–H and O–H groups in total. The molecule has 1 atom stereocenters. The lowest BCUT2D eigenvalue weighted by Gasteiger charge is -2.28. The largest absolute Gasteiger partial charge is 0.473 e. The van der Waals surface area contributed by atoms with Crippen LogP contribution in [0.15, 0.2) is 48.7 Å². The Hall–Kier alpha value is -2.60. The van der Waals surface area contributed by atoms with Gasteiger partial charge in [-0.2, -0.15) is 0 Å². The fraction of sp³-hybridized carbons (Fsp3) is 0.429. The number of benzene rings is 1. The Labute approximate surface area is 160 Å². The van der Waals surface area contributed by atoms with E-state index in [9.17, 15) is 4.79 Å². The molecule has 2 heterocycles. The molecular weight excluding hydrogens is 340 g/mol. The summed E-state index contributed by atoms with van der Waals surface area (Å²) in [6.45, 7) is 6.55. The Balaban J connectivity index is 1.63. The minimum atomic E-state index is -0.253. The van der Waals surface area contributed by atoms with Gasteiger partial charge >= 0.3 is 6.03 Å². The van der Waals surface area contributed by atoms with E-state index in [2.05, 4.69) is 32.7 Å². The lowest BCUT2D eigenvalue weighted by Crippen LogP contribution is -2.38. The first-order valence-corrected chi connectivity index (χ1v) is 9.59. The number of ether oxygens (including phenoxy) is 1. The number of anilines is 1. The van der Waals surface area contributed by atoms with Crippen molar-refractivity contribution in [3.8, 4) is 5.88 Å². The highest BCUT2D eigenvalue weighted by molar-refractivity contribution is 5.90. The van der Waals surface area contributed by atoms with E-state index in [1.807, 2.05) is 32.0 Å². The number of likely N-dealkylation sites (tertiary alicyclic amines) is 1. The van der Waals surface area contributed by atoms with Crippen LogP contribution in [0.1, 0.15) is 38.3 Å². The summed E-state index contributed by atoms with van der Waals surface area (Å²) in [7, 11) is 0. The molecule has 27 heavy (non-hydrogen) atoms. The van der Waals surface area contributed by atoms with Gasteiger partial charge in [0.2, 0.25) is 5.88 Å². The third-order valence-corrected chi connectivity index (χ3v) is 4.59. The number of urea groups is 1. The van der Waals surface area contributed by atoms with E-state index in [4.69, 9.17) is 4.74 Å². The first kappa shape index (κ1) is 19.2. The second-order valence-electron chi connectivity index (χ2n) is 7.03. The fourth-order valence-electron chi connectivity index (χ4n) is 3.35. The van der Waals surface area contributed by atoms with Crippen molar-refractivity contribution in [2.45, 2.75) is 38.8 Å². The number of rotatable bonds is 7. The first-order valence-electron chi connectivity index (χ1n) is 9.59. The molecule has 6 nitrogen and oxygen atoms in total. The number of nitrogens with zero attached hydrogens (tertiary/aromatic N) is 2. The Morgan fingerprint density at radius 1 is 1.15 bits per heavy atom. The van der Waals surface area contributed by atoms with Gasteiger partial charge in [0, 0.05) is 12.7 Å². The van der Waals surface area contributed by atoms with E-state index < -0.39 is 0 Å². The van der Waals surface area contributed by atoms with E-state index in [0.29, 0.717) is 18.1 Å². The average molecular weight is 368 g/mol. The van der Waals surface area contributed by atoms with Crippen molar-refractivity contribution in [2.75, 3.05) is 25.0 Å². The van der Waals surface area contributed by atoms with Gasteiger partial charge in [-0.25, -0.2) is 9.78 Å². The molecule has 1 unspecified atom stereocenters. The van der Waals surface area contributed by atoms with Crippen LogP contribution in [0.3, 0.4) is 0 Å². The van der Waals surface area contributed by atoms with Crippen molar-refractivity contribution >= 4 is 11.7 Å². The van der Waals surface area contributed by atoms with Crippen molar-refractivity contribution in [1.29, 1.82) is 0 Å². The fourth-order valence-corrected chi connectivity index (χ4v) is 3.35. The van der Waals surface area contributed by atoms with Crippen LogP contribution in [-0.2, 0) is 0 Å². The number of amides is 2. The normalized spacial score (nSPS) is 15.5. The van der Waals surface area contributed by atoms with E-state index in [1.54, 1.807) is 18.3 Å². The van der Waals surface area contributed by atoms with Crippen LogP contribution < -0.4 is 15.4 Å². The lowest BCUT2D eigenvalue weighted by molar-refractivity contribution is 0.226. The lowest BCUT2D eigenvalue weighted by atomic mass is 10.1. The monoisotopic (exact) mass is 368 g/mol. The van der Waals surface area contributed by atoms with Crippen molar-refractivity contribution in [2.24, 2.45) is 0 Å². The van der Waals surface area contributed by atoms with Crippen molar-refractivity contribution in [3.05, 3.63) is 54.2 Å². The van der Waals surface area contributed by atoms with Gasteiger partial charge in [0.25, 0.3) is 0 Å². The Morgan fingerprint density at radius 3 is 2.59 bits per heavy atom. The van der Waals surface area contributed by atoms with E-state index in [-0.39, 0.29) is 18.2 Å². The van der Waals surface area contributed by atoms with Crippen LogP contribution in [-0.4, -0.2) is 41.7 Å². The molecule has 0 aliphatic carbocycles. The summed E-state index contributed by atoms with van der Waals surface area (Å²) in [5, 5.41) is 5.87. The molecule has 0 radical (unpaired) electrons. The number of hydrogen-bond donors (Lipinski definition) is 2. The predicted molar refractivity (Wildman–Crippen MR) is 107 cm³/mol. The second kappa shape index (κ2) is 9.37. The molecule has 0 bridgehead atoms. The first-order chi connectivity index (χ1) is 13.1. The third kappa shape index (κ3) is 5.44. The summed E-state index contributed by atoms with van der Waals surface area (Å²) in [5.74, 6) is 0.432. The molecule has 2 amide bonds. The average Bonchev–Trinajstić information content (AvgIpc) is 3.18. The molecule has 3 rings (SSSR count). The number of pyridine rings is 1. The van der Waals surface area contributed by atoms with Gasteiger partial charge < -0.3 is 15.4 Å². The quantitative estimate of drug-likeness (QED) is 0.779. The van der Waals surface area contributed by atoms with Gasteiger partial charge in [-0.15, -0.1) is 0 Å². The van der Waals surface area contributed by atoms with Gasteiger partial charge in [0.1, 0.15) is 5.69 Å². The zero-order valence-electron chi connectivity index (χ0n) is 16.0. The summed E-state index contributed by atoms with van der Waals surface area (Å²) in [5.41, 5.74) is 1.80. The van der Waals surface area contributed by atoms with E-state index >= 15 is 0 Å². The Morgan fingerprint density at radius 2 is 1.89 bits per heavy atom. The van der Waals surface area contributed by atoms with E-state index in [1.165, 1.54) is 18.4 Å². The van der Waals surface area contributed by atoms with Crippen LogP contribution in [0.2, 0.25) is 0 Å². The molecule has 6 heteroatoms. The van der Waals surface area contributed by atoms with Crippen molar-refractivity contribution in [1.82, 2.24) is 15.2 Å². The van der Waals surface area contributed by atoms with Gasteiger partial charge in [-0.05, 0) is 57.5 Å². The molecule has 0 saturated carbocycles. The standard InChI is InChI=1S/C21H28N4O2/c1-16(2)27-20-18(11-8-12-22-20)24-21(26)23-15-19(25-13-6-7-14-25)17-9-4-3-5-10-17/h3-5,8-12,16,19H,6-7,13-15H2,1-2H3,(H2,23,24,26). The molecule has 0 spiro atoms. The number of aromatic nitrogens is 1. The van der Waals surface area contributed by atoms with Crippen LogP contribution in [0.25, 0.3) is 0 Å². The SMILES string of the molecule is CC(C)Oc1ncccc1NC(=O)NCC(c1ccccc1)N1CCCC1. The zero-order chi connectivity index (χ0) is 19.1. The van der Waals surface area contributed by atoms with Crippen LogP contribution >= 0.6 is 0 Å². The highest BCUT2D eigenvalue weighted by atomic mass is 16.5.